The summed E-state index contributed by atoms with van der Waals surface area (Å²) in [7, 11) is -3.37. The van der Waals surface area contributed by atoms with E-state index in [2.05, 4.69) is 10.5 Å². The van der Waals surface area contributed by atoms with Gasteiger partial charge >= 0.3 is 6.03 Å². The van der Waals surface area contributed by atoms with Gasteiger partial charge < -0.3 is 9.84 Å². The summed E-state index contributed by atoms with van der Waals surface area (Å²) in [5.74, 6) is -0.138. The van der Waals surface area contributed by atoms with Gasteiger partial charge in [0.05, 0.1) is 17.2 Å². The zero-order valence-corrected chi connectivity index (χ0v) is 13.6. The molecule has 9 heteroatoms. The topological polar surface area (TPSA) is 110 Å². The third-order valence-corrected chi connectivity index (χ3v) is 4.97. The average Bonchev–Trinajstić information content (AvgIpc) is 2.84. The number of rotatable bonds is 6. The lowest BCUT2D eigenvalue weighted by molar-refractivity contribution is -0.130. The normalized spacial score (nSPS) is 17.9. The summed E-state index contributed by atoms with van der Waals surface area (Å²) >= 11 is 0. The highest BCUT2D eigenvalue weighted by Gasteiger charge is 2.43. The number of amides is 3. The minimum Gasteiger partial charge on any atom is -0.361 e. The minimum absolute atomic E-state index is 0.0746. The summed E-state index contributed by atoms with van der Waals surface area (Å²) in [5, 5.41) is 6.20. The van der Waals surface area contributed by atoms with Gasteiger partial charge in [-0.15, -0.1) is 0 Å². The highest BCUT2D eigenvalue weighted by atomic mass is 32.2. The molecule has 0 atom stereocenters. The van der Waals surface area contributed by atoms with Crippen LogP contribution in [0.2, 0.25) is 0 Å². The first-order chi connectivity index (χ1) is 10.1. The predicted molar refractivity (Wildman–Crippen MR) is 77.7 cm³/mol. The van der Waals surface area contributed by atoms with Gasteiger partial charge in [-0.05, 0) is 27.2 Å². The van der Waals surface area contributed by atoms with E-state index in [0.717, 1.165) is 4.90 Å². The molecule has 1 aliphatic heterocycles. The molecule has 1 aromatic rings. The molecule has 122 valence electrons. The van der Waals surface area contributed by atoms with Crippen LogP contribution < -0.4 is 5.32 Å². The first-order valence-corrected chi connectivity index (χ1v) is 8.69. The summed E-state index contributed by atoms with van der Waals surface area (Å²) in [5.41, 5.74) is -0.581. The van der Waals surface area contributed by atoms with Crippen molar-refractivity contribution in [1.29, 1.82) is 0 Å². The summed E-state index contributed by atoms with van der Waals surface area (Å²) in [4.78, 5) is 24.7. The molecule has 22 heavy (non-hydrogen) atoms. The van der Waals surface area contributed by atoms with E-state index in [1.54, 1.807) is 26.8 Å². The molecule has 0 aromatic carbocycles. The van der Waals surface area contributed by atoms with Crippen molar-refractivity contribution >= 4 is 21.8 Å². The molecule has 2 heterocycles. The molecule has 0 radical (unpaired) electrons. The van der Waals surface area contributed by atoms with Crippen molar-refractivity contribution < 1.29 is 22.5 Å². The van der Waals surface area contributed by atoms with Crippen LogP contribution in [0.4, 0.5) is 4.79 Å². The van der Waals surface area contributed by atoms with Gasteiger partial charge in [0.15, 0.2) is 9.84 Å². The zero-order valence-electron chi connectivity index (χ0n) is 12.7. The molecule has 2 rings (SSSR count). The number of hydrogen-bond donors (Lipinski definition) is 1. The molecular weight excluding hydrogens is 310 g/mol. The first-order valence-electron chi connectivity index (χ1n) is 6.87. The molecule has 0 unspecified atom stereocenters. The minimum atomic E-state index is -3.37. The summed E-state index contributed by atoms with van der Waals surface area (Å²) < 4.78 is 28.8. The van der Waals surface area contributed by atoms with Gasteiger partial charge in [-0.2, -0.15) is 0 Å². The number of carbonyl (C=O) groups is 2. The van der Waals surface area contributed by atoms with Crippen molar-refractivity contribution in [3.8, 4) is 0 Å². The first kappa shape index (κ1) is 16.5. The quantitative estimate of drug-likeness (QED) is 0.766. The maximum Gasteiger partial charge on any atom is 0.325 e. The molecule has 0 bridgehead atoms. The van der Waals surface area contributed by atoms with Gasteiger partial charge in [0.1, 0.15) is 11.3 Å². The fraction of sp³-hybridized carbons (Fsp3) is 0.615. The fourth-order valence-electron chi connectivity index (χ4n) is 2.25. The van der Waals surface area contributed by atoms with Crippen LogP contribution in [-0.2, 0) is 20.4 Å². The molecule has 1 fully saturated rings. The molecule has 0 aliphatic carbocycles. The SMILES string of the molecule is Cc1cc(CS(=O)(=O)CCCN2C(=O)NC(C)(C)C2=O)no1. The lowest BCUT2D eigenvalue weighted by Crippen LogP contribution is -2.40. The van der Waals surface area contributed by atoms with Crippen molar-refractivity contribution in [2.24, 2.45) is 0 Å². The van der Waals surface area contributed by atoms with Gasteiger partial charge in [-0.1, -0.05) is 5.16 Å². The summed E-state index contributed by atoms with van der Waals surface area (Å²) in [6.45, 7) is 4.97. The largest absolute Gasteiger partial charge is 0.361 e. The zero-order chi connectivity index (χ0) is 16.5. The van der Waals surface area contributed by atoms with E-state index in [0.29, 0.717) is 11.5 Å². The Hall–Kier alpha value is -1.90. The Morgan fingerprint density at radius 3 is 2.55 bits per heavy atom. The van der Waals surface area contributed by atoms with E-state index in [1.807, 2.05) is 0 Å². The molecule has 1 saturated heterocycles. The van der Waals surface area contributed by atoms with Crippen LogP contribution in [0.3, 0.4) is 0 Å². The number of aromatic nitrogens is 1. The van der Waals surface area contributed by atoms with E-state index < -0.39 is 21.4 Å². The molecule has 1 aromatic heterocycles. The molecule has 8 nitrogen and oxygen atoms in total. The van der Waals surface area contributed by atoms with Crippen LogP contribution in [-0.4, -0.2) is 48.2 Å². The van der Waals surface area contributed by atoms with Crippen molar-refractivity contribution in [2.45, 2.75) is 38.5 Å². The van der Waals surface area contributed by atoms with E-state index in [9.17, 15) is 18.0 Å². The van der Waals surface area contributed by atoms with E-state index >= 15 is 0 Å². The Labute approximate surface area is 128 Å². The summed E-state index contributed by atoms with van der Waals surface area (Å²) in [6, 6.07) is 1.08. The number of hydrogen-bond acceptors (Lipinski definition) is 6. The molecule has 0 spiro atoms. The van der Waals surface area contributed by atoms with Gasteiger partial charge in [-0.25, -0.2) is 13.2 Å². The van der Waals surface area contributed by atoms with Gasteiger partial charge in [0, 0.05) is 12.6 Å². The fourth-order valence-corrected chi connectivity index (χ4v) is 3.55. The van der Waals surface area contributed by atoms with Crippen LogP contribution in [0, 0.1) is 6.92 Å². The number of sulfone groups is 1. The summed E-state index contributed by atoms with van der Waals surface area (Å²) in [6.07, 6.45) is 0.189. The Morgan fingerprint density at radius 2 is 2.05 bits per heavy atom. The Balaban J connectivity index is 1.88. The maximum absolute atomic E-state index is 12.0. The van der Waals surface area contributed by atoms with Crippen molar-refractivity contribution in [3.05, 3.63) is 17.5 Å². The Morgan fingerprint density at radius 1 is 1.36 bits per heavy atom. The standard InChI is InChI=1S/C13H19N3O5S/c1-9-7-10(15-21-9)8-22(19,20)6-4-5-16-11(17)13(2,3)14-12(16)18/h7H,4-6,8H2,1-3H3,(H,14,18). The second kappa shape index (κ2) is 5.71. The van der Waals surface area contributed by atoms with Gasteiger partial charge in [0.2, 0.25) is 0 Å². The lowest BCUT2D eigenvalue weighted by Gasteiger charge is -2.15. The molecule has 3 amide bonds. The lowest BCUT2D eigenvalue weighted by atomic mass is 10.1. The highest BCUT2D eigenvalue weighted by Crippen LogP contribution is 2.17. The number of aryl methyl sites for hydroxylation is 1. The Kier molecular flexibility index (Phi) is 4.28. The predicted octanol–water partition coefficient (Wildman–Crippen LogP) is 0.618. The number of imide groups is 1. The maximum atomic E-state index is 12.0. The monoisotopic (exact) mass is 329 g/mol. The van der Waals surface area contributed by atoms with Crippen LogP contribution in [0.5, 0.6) is 0 Å². The van der Waals surface area contributed by atoms with Crippen molar-refractivity contribution in [2.75, 3.05) is 12.3 Å². The van der Waals surface area contributed by atoms with Gasteiger partial charge in [0.25, 0.3) is 5.91 Å². The van der Waals surface area contributed by atoms with E-state index in [1.165, 1.54) is 0 Å². The third-order valence-electron chi connectivity index (χ3n) is 3.33. The van der Waals surface area contributed by atoms with Crippen LogP contribution >= 0.6 is 0 Å². The van der Waals surface area contributed by atoms with Crippen LogP contribution in [0.15, 0.2) is 10.6 Å². The van der Waals surface area contributed by atoms with Crippen molar-refractivity contribution in [1.82, 2.24) is 15.4 Å². The number of urea groups is 1. The second-order valence-corrected chi connectivity index (χ2v) is 8.07. The highest BCUT2D eigenvalue weighted by molar-refractivity contribution is 7.90. The number of nitrogens with zero attached hydrogens (tertiary/aromatic N) is 2. The smallest absolute Gasteiger partial charge is 0.325 e. The average molecular weight is 329 g/mol. The third kappa shape index (κ3) is 3.65. The van der Waals surface area contributed by atoms with E-state index in [-0.39, 0.29) is 30.4 Å². The number of nitrogens with one attached hydrogen (secondary N) is 1. The van der Waals surface area contributed by atoms with E-state index in [4.69, 9.17) is 4.52 Å². The second-order valence-electron chi connectivity index (χ2n) is 5.89. The molecule has 1 aliphatic rings. The van der Waals surface area contributed by atoms with Crippen LogP contribution in [0.25, 0.3) is 0 Å². The van der Waals surface area contributed by atoms with Crippen LogP contribution in [0.1, 0.15) is 31.7 Å². The Bertz CT molecular complexity index is 692. The van der Waals surface area contributed by atoms with Crippen molar-refractivity contribution in [3.63, 3.8) is 0 Å². The van der Waals surface area contributed by atoms with Gasteiger partial charge in [-0.3, -0.25) is 9.69 Å². The molecule has 1 N–H and O–H groups in total. The molecule has 0 saturated carbocycles. The molecular formula is C13H19N3O5S. The number of carbonyl (C=O) groups excluding carboxylic acids is 2.